The highest BCUT2D eigenvalue weighted by atomic mass is 19.1. The second kappa shape index (κ2) is 6.29. The van der Waals surface area contributed by atoms with Gasteiger partial charge in [-0.05, 0) is 31.3 Å². The monoisotopic (exact) mass is 259 g/mol. The summed E-state index contributed by atoms with van der Waals surface area (Å²) in [5.41, 5.74) is 7.70. The van der Waals surface area contributed by atoms with Crippen LogP contribution in [0.2, 0.25) is 0 Å². The van der Waals surface area contributed by atoms with Crippen LogP contribution in [0, 0.1) is 5.82 Å². The predicted molar refractivity (Wildman–Crippen MR) is 75.1 cm³/mol. The number of pyridine rings is 1. The van der Waals surface area contributed by atoms with Gasteiger partial charge in [0.2, 0.25) is 0 Å². The molecule has 1 aromatic carbocycles. The van der Waals surface area contributed by atoms with Gasteiger partial charge in [0.15, 0.2) is 0 Å². The Morgan fingerprint density at radius 3 is 2.79 bits per heavy atom. The summed E-state index contributed by atoms with van der Waals surface area (Å²) in [5, 5.41) is 0. The second-order valence-electron chi connectivity index (χ2n) is 4.66. The largest absolute Gasteiger partial charge is 0.399 e. The topological polar surface area (TPSA) is 42.2 Å². The van der Waals surface area contributed by atoms with Gasteiger partial charge in [-0.2, -0.15) is 0 Å². The van der Waals surface area contributed by atoms with E-state index in [4.69, 9.17) is 5.73 Å². The first-order valence-corrected chi connectivity index (χ1v) is 6.27. The summed E-state index contributed by atoms with van der Waals surface area (Å²) in [6, 6.07) is 10.7. The van der Waals surface area contributed by atoms with Crippen LogP contribution in [0.3, 0.4) is 0 Å². The average molecular weight is 259 g/mol. The van der Waals surface area contributed by atoms with E-state index < -0.39 is 0 Å². The van der Waals surface area contributed by atoms with Crippen molar-refractivity contribution in [3.63, 3.8) is 0 Å². The molecule has 0 spiro atoms. The molecule has 0 bridgehead atoms. The minimum Gasteiger partial charge on any atom is -0.399 e. The normalized spacial score (nSPS) is 10.9. The fraction of sp³-hybridized carbons (Fsp3) is 0.267. The number of aromatic nitrogens is 1. The van der Waals surface area contributed by atoms with Crippen molar-refractivity contribution in [3.05, 3.63) is 59.7 Å². The molecule has 0 saturated carbocycles. The van der Waals surface area contributed by atoms with Gasteiger partial charge >= 0.3 is 0 Å². The Morgan fingerprint density at radius 1 is 1.26 bits per heavy atom. The summed E-state index contributed by atoms with van der Waals surface area (Å²) in [7, 11) is 1.97. The Balaban J connectivity index is 1.89. The summed E-state index contributed by atoms with van der Waals surface area (Å²) in [4.78, 5) is 6.34. The number of nitrogen functional groups attached to an aromatic ring is 1. The third kappa shape index (κ3) is 4.03. The van der Waals surface area contributed by atoms with Crippen LogP contribution < -0.4 is 5.73 Å². The lowest BCUT2D eigenvalue weighted by molar-refractivity contribution is 0.324. The molecule has 0 unspecified atom stereocenters. The molecular formula is C15H18FN3. The van der Waals surface area contributed by atoms with Crippen molar-refractivity contribution in [3.8, 4) is 0 Å². The minimum atomic E-state index is -0.246. The van der Waals surface area contributed by atoms with Crippen LogP contribution >= 0.6 is 0 Å². The van der Waals surface area contributed by atoms with Crippen LogP contribution in [-0.4, -0.2) is 23.5 Å². The van der Waals surface area contributed by atoms with Crippen LogP contribution in [0.1, 0.15) is 11.3 Å². The molecule has 4 heteroatoms. The molecule has 0 atom stereocenters. The lowest BCUT2D eigenvalue weighted by Gasteiger charge is -2.17. The zero-order chi connectivity index (χ0) is 13.7. The number of anilines is 1. The number of halogens is 1. The van der Waals surface area contributed by atoms with E-state index >= 15 is 0 Å². The van der Waals surface area contributed by atoms with Crippen molar-refractivity contribution in [2.24, 2.45) is 0 Å². The molecule has 0 radical (unpaired) electrons. The third-order valence-electron chi connectivity index (χ3n) is 2.99. The maximum atomic E-state index is 13.7. The summed E-state index contributed by atoms with van der Waals surface area (Å²) < 4.78 is 13.7. The predicted octanol–water partition coefficient (Wildman–Crippen LogP) is 2.48. The van der Waals surface area contributed by atoms with Gasteiger partial charge in [-0.25, -0.2) is 4.39 Å². The van der Waals surface area contributed by atoms with Crippen LogP contribution in [0.4, 0.5) is 10.1 Å². The molecule has 0 fully saturated rings. The molecule has 1 aromatic heterocycles. The van der Waals surface area contributed by atoms with Crippen molar-refractivity contribution >= 4 is 5.69 Å². The van der Waals surface area contributed by atoms with Crippen molar-refractivity contribution in [1.82, 2.24) is 9.88 Å². The number of benzene rings is 1. The fourth-order valence-electron chi connectivity index (χ4n) is 1.91. The maximum absolute atomic E-state index is 13.7. The lowest BCUT2D eigenvalue weighted by Crippen LogP contribution is -2.21. The van der Waals surface area contributed by atoms with Gasteiger partial charge in [0.05, 0.1) is 0 Å². The van der Waals surface area contributed by atoms with Crippen molar-refractivity contribution in [2.75, 3.05) is 19.3 Å². The smallest absolute Gasteiger partial charge is 0.129 e. The second-order valence-corrected chi connectivity index (χ2v) is 4.66. The van der Waals surface area contributed by atoms with E-state index in [1.165, 1.54) is 6.07 Å². The van der Waals surface area contributed by atoms with E-state index in [0.29, 0.717) is 17.8 Å². The molecule has 0 aliphatic carbocycles. The molecule has 1 heterocycles. The third-order valence-corrected chi connectivity index (χ3v) is 2.99. The van der Waals surface area contributed by atoms with Gasteiger partial charge < -0.3 is 10.6 Å². The number of likely N-dealkylation sites (N-methyl/N-ethyl adjacent to an activating group) is 1. The van der Waals surface area contributed by atoms with E-state index in [2.05, 4.69) is 9.88 Å². The molecule has 0 amide bonds. The molecule has 19 heavy (non-hydrogen) atoms. The molecule has 0 aliphatic heterocycles. The Bertz CT molecular complexity index is 528. The van der Waals surface area contributed by atoms with Crippen LogP contribution in [0.25, 0.3) is 0 Å². The summed E-state index contributed by atoms with van der Waals surface area (Å²) in [5.74, 6) is -0.246. The highest BCUT2D eigenvalue weighted by molar-refractivity contribution is 5.40. The molecular weight excluding hydrogens is 241 g/mol. The quantitative estimate of drug-likeness (QED) is 0.839. The number of nitrogens with zero attached hydrogens (tertiary/aromatic N) is 2. The van der Waals surface area contributed by atoms with Crippen molar-refractivity contribution in [2.45, 2.75) is 13.0 Å². The first kappa shape index (κ1) is 13.5. The Hall–Kier alpha value is -1.94. The van der Waals surface area contributed by atoms with E-state index in [-0.39, 0.29) is 5.82 Å². The Labute approximate surface area is 112 Å². The zero-order valence-corrected chi connectivity index (χ0v) is 11.0. The van der Waals surface area contributed by atoms with Gasteiger partial charge in [-0.15, -0.1) is 0 Å². The molecule has 3 nitrogen and oxygen atoms in total. The fourth-order valence-corrected chi connectivity index (χ4v) is 1.91. The maximum Gasteiger partial charge on any atom is 0.129 e. The van der Waals surface area contributed by atoms with Gasteiger partial charge in [0.25, 0.3) is 0 Å². The standard InChI is InChI=1S/C15H18FN3/c1-19(9-7-14-4-2-3-8-18-14)11-12-5-6-13(17)10-15(12)16/h2-6,8,10H,7,9,11,17H2,1H3. The molecule has 100 valence electrons. The lowest BCUT2D eigenvalue weighted by atomic mass is 10.1. The van der Waals surface area contributed by atoms with Gasteiger partial charge in [0, 0.05) is 42.7 Å². The molecule has 0 saturated heterocycles. The van der Waals surface area contributed by atoms with Gasteiger partial charge in [0.1, 0.15) is 5.82 Å². The molecule has 0 aliphatic rings. The minimum absolute atomic E-state index is 0.246. The number of rotatable bonds is 5. The van der Waals surface area contributed by atoms with Crippen LogP contribution in [-0.2, 0) is 13.0 Å². The van der Waals surface area contributed by atoms with Gasteiger partial charge in [-0.3, -0.25) is 4.98 Å². The Kier molecular flexibility index (Phi) is 4.47. The molecule has 2 rings (SSSR count). The zero-order valence-electron chi connectivity index (χ0n) is 11.0. The van der Waals surface area contributed by atoms with E-state index in [0.717, 1.165) is 18.7 Å². The van der Waals surface area contributed by atoms with Gasteiger partial charge in [-0.1, -0.05) is 12.1 Å². The SMILES string of the molecule is CN(CCc1ccccn1)Cc1ccc(N)cc1F. The van der Waals surface area contributed by atoms with E-state index in [1.54, 1.807) is 18.3 Å². The average Bonchev–Trinajstić information content (AvgIpc) is 2.41. The molecule has 2 aromatic rings. The Morgan fingerprint density at radius 2 is 2.11 bits per heavy atom. The number of hydrogen-bond donors (Lipinski definition) is 1. The highest BCUT2D eigenvalue weighted by Gasteiger charge is 2.06. The van der Waals surface area contributed by atoms with Crippen molar-refractivity contribution in [1.29, 1.82) is 0 Å². The summed E-state index contributed by atoms with van der Waals surface area (Å²) >= 11 is 0. The van der Waals surface area contributed by atoms with Crippen molar-refractivity contribution < 1.29 is 4.39 Å². The van der Waals surface area contributed by atoms with Crippen LogP contribution in [0.5, 0.6) is 0 Å². The number of nitrogens with two attached hydrogens (primary N) is 1. The first-order valence-electron chi connectivity index (χ1n) is 6.27. The first-order chi connectivity index (χ1) is 9.15. The molecule has 2 N–H and O–H groups in total. The van der Waals surface area contributed by atoms with E-state index in [1.807, 2.05) is 25.2 Å². The number of hydrogen-bond acceptors (Lipinski definition) is 3. The van der Waals surface area contributed by atoms with E-state index in [9.17, 15) is 4.39 Å². The summed E-state index contributed by atoms with van der Waals surface area (Å²) in [6.45, 7) is 1.40. The highest BCUT2D eigenvalue weighted by Crippen LogP contribution is 2.13. The summed E-state index contributed by atoms with van der Waals surface area (Å²) in [6.07, 6.45) is 2.64. The van der Waals surface area contributed by atoms with Crippen LogP contribution in [0.15, 0.2) is 42.6 Å².